The molecule has 0 fully saturated rings. The van der Waals surface area contributed by atoms with Crippen LogP contribution in [0.2, 0.25) is 0 Å². The molecule has 8 nitrogen and oxygen atoms in total. The Morgan fingerprint density at radius 2 is 2.14 bits per heavy atom. The molecule has 2 heterocycles. The molecule has 5 N–H and O–H groups in total. The molecule has 1 atom stereocenters. The van der Waals surface area contributed by atoms with Crippen LogP contribution >= 0.6 is 0 Å². The number of hydrogen-bond donors (Lipinski definition) is 3. The fourth-order valence-corrected chi connectivity index (χ4v) is 2.21. The number of nitrogens with zero attached hydrogens (tertiary/aromatic N) is 5. The topological polar surface area (TPSA) is 146 Å². The molecular formula is C13H16N8. The first-order valence-corrected chi connectivity index (χ1v) is 6.54. The molecule has 0 saturated heterocycles. The molecule has 0 aliphatic rings. The lowest BCUT2D eigenvalue weighted by molar-refractivity contribution is 0.451. The van der Waals surface area contributed by atoms with Crippen LogP contribution in [0.25, 0.3) is 0 Å². The van der Waals surface area contributed by atoms with Gasteiger partial charge in [-0.1, -0.05) is 0 Å². The molecule has 0 bridgehead atoms. The van der Waals surface area contributed by atoms with Crippen molar-refractivity contribution in [2.24, 2.45) is 0 Å². The van der Waals surface area contributed by atoms with Crippen LogP contribution in [0.4, 0.5) is 11.6 Å². The molecular weight excluding hydrogens is 268 g/mol. The predicted molar refractivity (Wildman–Crippen MR) is 76.7 cm³/mol. The zero-order chi connectivity index (χ0) is 15.4. The van der Waals surface area contributed by atoms with Crippen molar-refractivity contribution in [2.75, 3.05) is 11.5 Å². The van der Waals surface area contributed by atoms with Gasteiger partial charge in [0, 0.05) is 0 Å². The van der Waals surface area contributed by atoms with Crippen LogP contribution in [0.1, 0.15) is 42.6 Å². The highest BCUT2D eigenvalue weighted by molar-refractivity contribution is 5.50. The van der Waals surface area contributed by atoms with Gasteiger partial charge in [-0.25, -0.2) is 4.68 Å². The number of aromatic nitrogens is 4. The largest absolute Gasteiger partial charge is 0.383 e. The molecule has 2 aromatic rings. The molecule has 0 saturated carbocycles. The van der Waals surface area contributed by atoms with Gasteiger partial charge >= 0.3 is 0 Å². The van der Waals surface area contributed by atoms with E-state index in [4.69, 9.17) is 22.0 Å². The maximum Gasteiger partial charge on any atom is 0.163 e. The molecule has 1 unspecified atom stereocenters. The van der Waals surface area contributed by atoms with E-state index >= 15 is 0 Å². The van der Waals surface area contributed by atoms with E-state index in [1.165, 1.54) is 6.20 Å². The number of rotatable bonds is 5. The number of aryl methyl sites for hydroxylation is 1. The van der Waals surface area contributed by atoms with Gasteiger partial charge in [0.1, 0.15) is 29.1 Å². The number of nitriles is 2. The van der Waals surface area contributed by atoms with E-state index in [1.807, 2.05) is 19.1 Å². The van der Waals surface area contributed by atoms with Crippen molar-refractivity contribution < 1.29 is 0 Å². The Balaban J connectivity index is 1.96. The van der Waals surface area contributed by atoms with Crippen molar-refractivity contribution >= 4 is 11.6 Å². The van der Waals surface area contributed by atoms with Crippen molar-refractivity contribution in [2.45, 2.75) is 32.2 Å². The maximum atomic E-state index is 8.99. The number of nitrogens with two attached hydrogens (primary N) is 2. The summed E-state index contributed by atoms with van der Waals surface area (Å²) >= 11 is 0. The van der Waals surface area contributed by atoms with Crippen LogP contribution in [0, 0.1) is 22.7 Å². The average Bonchev–Trinajstić information content (AvgIpc) is 3.01. The molecule has 8 heteroatoms. The second kappa shape index (κ2) is 5.97. The fourth-order valence-electron chi connectivity index (χ4n) is 2.21. The molecule has 0 aliphatic heterocycles. The van der Waals surface area contributed by atoms with E-state index in [0.717, 1.165) is 18.5 Å². The first kappa shape index (κ1) is 14.4. The Labute approximate surface area is 122 Å². The molecule has 0 radical (unpaired) electrons. The SMILES string of the molecule is CC(CCCc1[nH]nc(N)c1C#N)n1ncc(C#N)c1N. The standard InChI is InChI=1S/C13H16N8/c1-8(21-13(17)9(5-14)7-18-21)3-2-4-11-10(6-15)12(16)20-19-11/h7-8H,2-4,17H2,1H3,(H3,16,19,20). The fraction of sp³-hybridized carbons (Fsp3) is 0.385. The van der Waals surface area contributed by atoms with Crippen LogP contribution < -0.4 is 11.5 Å². The first-order chi connectivity index (χ1) is 10.1. The summed E-state index contributed by atoms with van der Waals surface area (Å²) in [7, 11) is 0. The van der Waals surface area contributed by atoms with Crippen molar-refractivity contribution in [1.82, 2.24) is 20.0 Å². The number of nitrogen functional groups attached to an aromatic ring is 2. The first-order valence-electron chi connectivity index (χ1n) is 6.54. The highest BCUT2D eigenvalue weighted by Crippen LogP contribution is 2.21. The van der Waals surface area contributed by atoms with Gasteiger partial charge in [0.15, 0.2) is 5.82 Å². The highest BCUT2D eigenvalue weighted by Gasteiger charge is 2.14. The minimum absolute atomic E-state index is 0.0675. The summed E-state index contributed by atoms with van der Waals surface area (Å²) < 4.78 is 1.64. The van der Waals surface area contributed by atoms with E-state index in [-0.39, 0.29) is 11.9 Å². The van der Waals surface area contributed by atoms with Crippen LogP contribution in [0.15, 0.2) is 6.20 Å². The van der Waals surface area contributed by atoms with Crippen LogP contribution in [0.3, 0.4) is 0 Å². The van der Waals surface area contributed by atoms with E-state index < -0.39 is 0 Å². The zero-order valence-electron chi connectivity index (χ0n) is 11.7. The van der Waals surface area contributed by atoms with E-state index in [0.29, 0.717) is 23.4 Å². The lowest BCUT2D eigenvalue weighted by atomic mass is 10.1. The Hall–Kier alpha value is -3.00. The quantitative estimate of drug-likeness (QED) is 0.749. The average molecular weight is 284 g/mol. The van der Waals surface area contributed by atoms with Crippen molar-refractivity contribution in [1.29, 1.82) is 10.5 Å². The van der Waals surface area contributed by atoms with Crippen LogP contribution in [-0.4, -0.2) is 20.0 Å². The van der Waals surface area contributed by atoms with Crippen molar-refractivity contribution in [3.63, 3.8) is 0 Å². The number of hydrogen-bond acceptors (Lipinski definition) is 6. The van der Waals surface area contributed by atoms with Gasteiger partial charge in [0.25, 0.3) is 0 Å². The molecule has 2 aromatic heterocycles. The summed E-state index contributed by atoms with van der Waals surface area (Å²) in [5.41, 5.74) is 13.0. The normalized spacial score (nSPS) is 11.8. The van der Waals surface area contributed by atoms with E-state index in [2.05, 4.69) is 15.3 Å². The van der Waals surface area contributed by atoms with Gasteiger partial charge in [-0.2, -0.15) is 20.7 Å². The van der Waals surface area contributed by atoms with Gasteiger partial charge in [-0.3, -0.25) is 5.10 Å². The summed E-state index contributed by atoms with van der Waals surface area (Å²) in [5.74, 6) is 0.615. The predicted octanol–water partition coefficient (Wildman–Crippen LogP) is 1.10. The van der Waals surface area contributed by atoms with E-state index in [9.17, 15) is 0 Å². The summed E-state index contributed by atoms with van der Waals surface area (Å²) in [6.07, 6.45) is 3.76. The third kappa shape index (κ3) is 2.79. The number of nitrogens with one attached hydrogen (secondary N) is 1. The van der Waals surface area contributed by atoms with Gasteiger partial charge in [0.05, 0.1) is 17.9 Å². The molecule has 0 spiro atoms. The number of aromatic amines is 1. The molecule has 108 valence electrons. The Morgan fingerprint density at radius 1 is 1.38 bits per heavy atom. The number of H-pyrrole nitrogens is 1. The maximum absolute atomic E-state index is 8.99. The smallest absolute Gasteiger partial charge is 0.163 e. The summed E-state index contributed by atoms with van der Waals surface area (Å²) in [6, 6.07) is 4.11. The van der Waals surface area contributed by atoms with E-state index in [1.54, 1.807) is 4.68 Å². The monoisotopic (exact) mass is 284 g/mol. The lowest BCUT2D eigenvalue weighted by Crippen LogP contribution is -2.11. The molecule has 0 aromatic carbocycles. The Kier molecular flexibility index (Phi) is 4.10. The molecule has 2 rings (SSSR count). The molecule has 0 aliphatic carbocycles. The Morgan fingerprint density at radius 3 is 2.76 bits per heavy atom. The third-order valence-electron chi connectivity index (χ3n) is 3.40. The summed E-state index contributed by atoms with van der Waals surface area (Å²) in [4.78, 5) is 0. The highest BCUT2D eigenvalue weighted by atomic mass is 15.3. The molecule has 0 amide bonds. The lowest BCUT2D eigenvalue weighted by Gasteiger charge is -2.13. The zero-order valence-corrected chi connectivity index (χ0v) is 11.7. The summed E-state index contributed by atoms with van der Waals surface area (Å²) in [5, 5.41) is 28.6. The van der Waals surface area contributed by atoms with Gasteiger partial charge in [-0.05, 0) is 26.2 Å². The van der Waals surface area contributed by atoms with Crippen molar-refractivity contribution in [3.8, 4) is 12.1 Å². The second-order valence-corrected chi connectivity index (χ2v) is 4.82. The minimum Gasteiger partial charge on any atom is -0.383 e. The van der Waals surface area contributed by atoms with Crippen LogP contribution in [-0.2, 0) is 6.42 Å². The molecule has 21 heavy (non-hydrogen) atoms. The second-order valence-electron chi connectivity index (χ2n) is 4.82. The third-order valence-corrected chi connectivity index (χ3v) is 3.40. The van der Waals surface area contributed by atoms with Crippen molar-refractivity contribution in [3.05, 3.63) is 23.0 Å². The summed E-state index contributed by atoms with van der Waals surface area (Å²) in [6.45, 7) is 1.98. The number of anilines is 2. The Bertz CT molecular complexity index is 712. The minimum atomic E-state index is 0.0675. The van der Waals surface area contributed by atoms with Gasteiger partial charge in [-0.15, -0.1) is 0 Å². The van der Waals surface area contributed by atoms with Gasteiger partial charge in [0.2, 0.25) is 0 Å². The van der Waals surface area contributed by atoms with Crippen LogP contribution in [0.5, 0.6) is 0 Å². The van der Waals surface area contributed by atoms with Gasteiger partial charge < -0.3 is 11.5 Å².